The van der Waals surface area contributed by atoms with Crippen LogP contribution in [-0.4, -0.2) is 16.0 Å². The maximum absolute atomic E-state index is 12.2. The van der Waals surface area contributed by atoms with Gasteiger partial charge in [-0.25, -0.2) is 0 Å². The van der Waals surface area contributed by atoms with Crippen LogP contribution in [0.3, 0.4) is 0 Å². The molecule has 6 heteroatoms. The van der Waals surface area contributed by atoms with Crippen LogP contribution in [0.5, 0.6) is 0 Å². The first kappa shape index (κ1) is 10.5. The first-order valence-electron chi connectivity index (χ1n) is 4.84. The molecule has 2 N–H and O–H groups in total. The molecule has 15 heavy (non-hydrogen) atoms. The van der Waals surface area contributed by atoms with Gasteiger partial charge in [0.1, 0.15) is 6.54 Å². The molecular weight excluding hydrogens is 207 g/mol. The molecule has 1 aliphatic carbocycles. The summed E-state index contributed by atoms with van der Waals surface area (Å²) >= 11 is 0. The van der Waals surface area contributed by atoms with Crippen molar-refractivity contribution in [3.63, 3.8) is 0 Å². The second-order valence-electron chi connectivity index (χ2n) is 3.83. The highest BCUT2D eigenvalue weighted by molar-refractivity contribution is 5.24. The van der Waals surface area contributed by atoms with Crippen LogP contribution in [0.15, 0.2) is 6.20 Å². The molecule has 0 aromatic carbocycles. The Morgan fingerprint density at radius 2 is 2.27 bits per heavy atom. The van der Waals surface area contributed by atoms with Crippen molar-refractivity contribution in [1.82, 2.24) is 9.78 Å². The van der Waals surface area contributed by atoms with Crippen LogP contribution < -0.4 is 5.73 Å². The average Bonchev–Trinajstić information content (AvgIpc) is 2.47. The Bertz CT molecular complexity index is 356. The van der Waals surface area contributed by atoms with Gasteiger partial charge in [0, 0.05) is 6.04 Å². The fourth-order valence-electron chi connectivity index (χ4n) is 2.00. The molecule has 0 bridgehead atoms. The van der Waals surface area contributed by atoms with Gasteiger partial charge in [0.05, 0.1) is 11.9 Å². The average molecular weight is 219 g/mol. The van der Waals surface area contributed by atoms with Crippen molar-refractivity contribution in [2.45, 2.75) is 38.0 Å². The first-order valence-corrected chi connectivity index (χ1v) is 4.84. The van der Waals surface area contributed by atoms with Crippen LogP contribution in [0.25, 0.3) is 0 Å². The summed E-state index contributed by atoms with van der Waals surface area (Å²) in [5.74, 6) is 0. The van der Waals surface area contributed by atoms with Gasteiger partial charge in [-0.15, -0.1) is 0 Å². The molecule has 1 aromatic rings. The molecule has 2 rings (SSSR count). The van der Waals surface area contributed by atoms with Crippen LogP contribution in [0.2, 0.25) is 0 Å². The van der Waals surface area contributed by atoms with E-state index in [2.05, 4.69) is 5.10 Å². The summed E-state index contributed by atoms with van der Waals surface area (Å²) < 4.78 is 37.6. The third-order valence-electron chi connectivity index (χ3n) is 2.60. The van der Waals surface area contributed by atoms with Crippen molar-refractivity contribution in [3.05, 3.63) is 17.5 Å². The second kappa shape index (κ2) is 3.52. The number of aromatic nitrogens is 2. The van der Waals surface area contributed by atoms with E-state index in [1.165, 1.54) is 6.20 Å². The van der Waals surface area contributed by atoms with Crippen LogP contribution in [-0.2, 0) is 13.0 Å². The van der Waals surface area contributed by atoms with Gasteiger partial charge in [-0.2, -0.15) is 18.3 Å². The maximum Gasteiger partial charge on any atom is 0.408 e. The highest BCUT2D eigenvalue weighted by Gasteiger charge is 2.32. The summed E-state index contributed by atoms with van der Waals surface area (Å²) in [6.07, 6.45) is -0.305. The first-order chi connectivity index (χ1) is 6.97. The zero-order valence-electron chi connectivity index (χ0n) is 8.09. The Balaban J connectivity index is 2.30. The topological polar surface area (TPSA) is 43.8 Å². The number of alkyl halides is 3. The van der Waals surface area contributed by atoms with Gasteiger partial charge in [0.25, 0.3) is 0 Å². The number of nitrogens with zero attached hydrogens (tertiary/aromatic N) is 2. The minimum Gasteiger partial charge on any atom is -0.323 e. The van der Waals surface area contributed by atoms with Gasteiger partial charge in [-0.3, -0.25) is 4.68 Å². The molecule has 1 atom stereocenters. The fourth-order valence-corrected chi connectivity index (χ4v) is 2.00. The maximum atomic E-state index is 12.2. The summed E-state index contributed by atoms with van der Waals surface area (Å²) in [5.41, 5.74) is 7.20. The molecule has 1 unspecified atom stereocenters. The van der Waals surface area contributed by atoms with E-state index < -0.39 is 12.7 Å². The van der Waals surface area contributed by atoms with E-state index in [1.807, 2.05) is 0 Å². The highest BCUT2D eigenvalue weighted by atomic mass is 19.4. The molecule has 0 amide bonds. The Hall–Kier alpha value is -1.04. The monoisotopic (exact) mass is 219 g/mol. The molecule has 0 aliphatic heterocycles. The van der Waals surface area contributed by atoms with Gasteiger partial charge in [0.2, 0.25) is 0 Å². The van der Waals surface area contributed by atoms with Crippen molar-refractivity contribution in [2.24, 2.45) is 5.73 Å². The van der Waals surface area contributed by atoms with Crippen LogP contribution >= 0.6 is 0 Å². The SMILES string of the molecule is NC1CCCc2cnn(CC(F)(F)F)c21. The summed E-state index contributed by atoms with van der Waals surface area (Å²) in [5, 5.41) is 3.75. The zero-order chi connectivity index (χ0) is 11.1. The standard InChI is InChI=1S/C9H12F3N3/c10-9(11,12)5-15-8-6(4-14-15)2-1-3-7(8)13/h4,7H,1-3,5,13H2. The molecule has 3 nitrogen and oxygen atoms in total. The van der Waals surface area contributed by atoms with Crippen LogP contribution in [0, 0.1) is 0 Å². The van der Waals surface area contributed by atoms with Crippen LogP contribution in [0.4, 0.5) is 13.2 Å². The number of hydrogen-bond donors (Lipinski definition) is 1. The predicted octanol–water partition coefficient (Wildman–Crippen LogP) is 1.78. The normalized spacial score (nSPS) is 21.5. The Kier molecular flexibility index (Phi) is 2.46. The van der Waals surface area contributed by atoms with Crippen molar-refractivity contribution < 1.29 is 13.2 Å². The largest absolute Gasteiger partial charge is 0.408 e. The number of nitrogens with two attached hydrogens (primary N) is 1. The summed E-state index contributed by atoms with van der Waals surface area (Å²) in [7, 11) is 0. The Morgan fingerprint density at radius 1 is 1.53 bits per heavy atom. The molecule has 1 aromatic heterocycles. The molecule has 0 saturated carbocycles. The lowest BCUT2D eigenvalue weighted by atomic mass is 9.94. The third kappa shape index (κ3) is 2.14. The number of rotatable bonds is 1. The minimum absolute atomic E-state index is 0.307. The molecule has 1 heterocycles. The summed E-state index contributed by atoms with van der Waals surface area (Å²) in [6.45, 7) is -1.05. The molecule has 0 radical (unpaired) electrons. The lowest BCUT2D eigenvalue weighted by Gasteiger charge is -2.21. The second-order valence-corrected chi connectivity index (χ2v) is 3.83. The van der Waals surface area contributed by atoms with E-state index in [1.54, 1.807) is 0 Å². The van der Waals surface area contributed by atoms with Gasteiger partial charge in [0.15, 0.2) is 0 Å². The Morgan fingerprint density at radius 3 is 2.93 bits per heavy atom. The van der Waals surface area contributed by atoms with Gasteiger partial charge in [-0.05, 0) is 24.8 Å². The van der Waals surface area contributed by atoms with Crippen molar-refractivity contribution >= 4 is 0 Å². The van der Waals surface area contributed by atoms with Crippen molar-refractivity contribution in [2.75, 3.05) is 0 Å². The predicted molar refractivity (Wildman–Crippen MR) is 48.1 cm³/mol. The molecule has 0 spiro atoms. The third-order valence-corrected chi connectivity index (χ3v) is 2.60. The van der Waals surface area contributed by atoms with E-state index in [4.69, 9.17) is 5.73 Å². The van der Waals surface area contributed by atoms with Gasteiger partial charge >= 0.3 is 6.18 Å². The lowest BCUT2D eigenvalue weighted by Crippen LogP contribution is -2.26. The van der Waals surface area contributed by atoms with E-state index in [-0.39, 0.29) is 6.04 Å². The minimum atomic E-state index is -4.24. The number of halogens is 3. The molecule has 0 saturated heterocycles. The van der Waals surface area contributed by atoms with Crippen LogP contribution in [0.1, 0.15) is 30.1 Å². The summed E-state index contributed by atoms with van der Waals surface area (Å²) in [6, 6.07) is -0.307. The lowest BCUT2D eigenvalue weighted by molar-refractivity contribution is -0.143. The Labute approximate surface area is 85.1 Å². The molecule has 0 fully saturated rings. The van der Waals surface area contributed by atoms with Gasteiger partial charge in [-0.1, -0.05) is 0 Å². The number of fused-ring (bicyclic) bond motifs is 1. The fraction of sp³-hybridized carbons (Fsp3) is 0.667. The van der Waals surface area contributed by atoms with E-state index in [0.29, 0.717) is 5.69 Å². The van der Waals surface area contributed by atoms with Crippen molar-refractivity contribution in [1.29, 1.82) is 0 Å². The molecule has 1 aliphatic rings. The number of hydrogen-bond acceptors (Lipinski definition) is 2. The molecule has 84 valence electrons. The molecular formula is C9H12F3N3. The van der Waals surface area contributed by atoms with Crippen molar-refractivity contribution in [3.8, 4) is 0 Å². The smallest absolute Gasteiger partial charge is 0.323 e. The quantitative estimate of drug-likeness (QED) is 0.782. The van der Waals surface area contributed by atoms with E-state index in [9.17, 15) is 13.2 Å². The van der Waals surface area contributed by atoms with E-state index in [0.717, 1.165) is 29.5 Å². The highest BCUT2D eigenvalue weighted by Crippen LogP contribution is 2.29. The van der Waals surface area contributed by atoms with Gasteiger partial charge < -0.3 is 5.73 Å². The number of aryl methyl sites for hydroxylation is 1. The zero-order valence-corrected chi connectivity index (χ0v) is 8.09. The van der Waals surface area contributed by atoms with E-state index >= 15 is 0 Å². The summed E-state index contributed by atoms with van der Waals surface area (Å²) in [4.78, 5) is 0.